The third-order valence-electron chi connectivity index (χ3n) is 2.61. The maximum atomic E-state index is 5.73. The maximum Gasteiger partial charge on any atom is 0.178 e. The number of aryl methyl sites for hydroxylation is 1. The van der Waals surface area contributed by atoms with Gasteiger partial charge in [0, 0.05) is 12.7 Å². The zero-order valence-electron chi connectivity index (χ0n) is 9.53. The fourth-order valence-electron chi connectivity index (χ4n) is 1.75. The Bertz CT molecular complexity index is 519. The van der Waals surface area contributed by atoms with E-state index in [1.807, 2.05) is 13.0 Å². The van der Waals surface area contributed by atoms with Crippen molar-refractivity contribution in [2.45, 2.75) is 13.5 Å². The lowest BCUT2D eigenvalue weighted by atomic mass is 10.1. The Morgan fingerprint density at radius 3 is 2.81 bits per heavy atom. The second-order valence-electron chi connectivity index (χ2n) is 3.57. The van der Waals surface area contributed by atoms with E-state index >= 15 is 0 Å². The van der Waals surface area contributed by atoms with Crippen molar-refractivity contribution < 1.29 is 14.0 Å². The van der Waals surface area contributed by atoms with E-state index in [4.69, 9.17) is 19.7 Å². The number of methoxy groups -OCH3 is 2. The summed E-state index contributed by atoms with van der Waals surface area (Å²) in [4.78, 5) is 0. The SMILES string of the molecule is COCc1cc(OC)c2c(N)noc2c1C. The van der Waals surface area contributed by atoms with E-state index in [9.17, 15) is 0 Å². The molecule has 16 heavy (non-hydrogen) atoms. The highest BCUT2D eigenvalue weighted by molar-refractivity contribution is 5.95. The van der Waals surface area contributed by atoms with Gasteiger partial charge in [-0.25, -0.2) is 0 Å². The van der Waals surface area contributed by atoms with Crippen LogP contribution in [-0.4, -0.2) is 19.4 Å². The molecule has 0 spiro atoms. The standard InChI is InChI=1S/C11H14N2O3/c1-6-7(5-14-2)4-8(15-3)9-10(6)16-13-11(9)12/h4H,5H2,1-3H3,(H2,12,13). The van der Waals surface area contributed by atoms with Gasteiger partial charge in [-0.05, 0) is 18.6 Å². The number of anilines is 1. The number of nitrogens with two attached hydrogens (primary N) is 1. The maximum absolute atomic E-state index is 5.73. The molecule has 0 aliphatic carbocycles. The molecule has 2 N–H and O–H groups in total. The summed E-state index contributed by atoms with van der Waals surface area (Å²) in [7, 11) is 3.23. The van der Waals surface area contributed by atoms with Crippen LogP contribution in [0.2, 0.25) is 0 Å². The van der Waals surface area contributed by atoms with E-state index < -0.39 is 0 Å². The number of nitrogen functional groups attached to an aromatic ring is 1. The van der Waals surface area contributed by atoms with Gasteiger partial charge in [-0.1, -0.05) is 5.16 Å². The highest BCUT2D eigenvalue weighted by Gasteiger charge is 2.16. The number of benzene rings is 1. The van der Waals surface area contributed by atoms with Crippen molar-refractivity contribution in [1.29, 1.82) is 0 Å². The first-order valence-corrected chi connectivity index (χ1v) is 4.89. The molecule has 86 valence electrons. The summed E-state index contributed by atoms with van der Waals surface area (Å²) in [5, 5.41) is 4.47. The Labute approximate surface area is 93.1 Å². The number of ether oxygens (including phenoxy) is 2. The third kappa shape index (κ3) is 1.49. The molecule has 1 heterocycles. The van der Waals surface area contributed by atoms with Gasteiger partial charge in [0.25, 0.3) is 0 Å². The molecule has 0 saturated heterocycles. The average molecular weight is 222 g/mol. The number of aromatic nitrogens is 1. The number of hydrogen-bond acceptors (Lipinski definition) is 5. The smallest absolute Gasteiger partial charge is 0.178 e. The Kier molecular flexibility index (Phi) is 2.70. The van der Waals surface area contributed by atoms with Crippen LogP contribution in [-0.2, 0) is 11.3 Å². The van der Waals surface area contributed by atoms with Crippen LogP contribution in [0.5, 0.6) is 5.75 Å². The van der Waals surface area contributed by atoms with Gasteiger partial charge in [-0.2, -0.15) is 0 Å². The van der Waals surface area contributed by atoms with Crippen molar-refractivity contribution in [3.8, 4) is 5.75 Å². The van der Waals surface area contributed by atoms with Gasteiger partial charge in [0.05, 0.1) is 13.7 Å². The van der Waals surface area contributed by atoms with Crippen LogP contribution in [0, 0.1) is 6.92 Å². The van der Waals surface area contributed by atoms with Crippen LogP contribution >= 0.6 is 0 Å². The molecule has 0 bridgehead atoms. The summed E-state index contributed by atoms with van der Waals surface area (Å²) in [6, 6.07) is 1.90. The van der Waals surface area contributed by atoms with E-state index in [0.717, 1.165) is 16.5 Å². The number of nitrogens with zero attached hydrogens (tertiary/aromatic N) is 1. The van der Waals surface area contributed by atoms with Crippen molar-refractivity contribution in [3.05, 3.63) is 17.2 Å². The predicted octanol–water partition coefficient (Wildman–Crippen LogP) is 1.87. The number of fused-ring (bicyclic) bond motifs is 1. The molecule has 2 rings (SSSR count). The second kappa shape index (κ2) is 4.02. The lowest BCUT2D eigenvalue weighted by Gasteiger charge is -2.08. The van der Waals surface area contributed by atoms with Crippen molar-refractivity contribution in [2.24, 2.45) is 0 Å². The molecule has 1 aromatic carbocycles. The van der Waals surface area contributed by atoms with Gasteiger partial charge in [-0.3, -0.25) is 0 Å². The average Bonchev–Trinajstić information content (AvgIpc) is 2.66. The summed E-state index contributed by atoms with van der Waals surface area (Å²) in [6.07, 6.45) is 0. The van der Waals surface area contributed by atoms with E-state index in [1.54, 1.807) is 14.2 Å². The molecule has 5 nitrogen and oxygen atoms in total. The summed E-state index contributed by atoms with van der Waals surface area (Å²) in [5.41, 5.74) is 8.36. The zero-order chi connectivity index (χ0) is 11.7. The predicted molar refractivity (Wildman–Crippen MR) is 60.4 cm³/mol. The van der Waals surface area contributed by atoms with Crippen molar-refractivity contribution in [3.63, 3.8) is 0 Å². The molecule has 0 aliphatic rings. The quantitative estimate of drug-likeness (QED) is 0.858. The molecule has 0 aliphatic heterocycles. The lowest BCUT2D eigenvalue weighted by Crippen LogP contribution is -1.96. The van der Waals surface area contributed by atoms with Crippen LogP contribution in [0.3, 0.4) is 0 Å². The zero-order valence-corrected chi connectivity index (χ0v) is 9.53. The Morgan fingerprint density at radius 1 is 1.44 bits per heavy atom. The minimum atomic E-state index is 0.346. The summed E-state index contributed by atoms with van der Waals surface area (Å²) >= 11 is 0. The molecule has 2 aromatic rings. The first-order valence-electron chi connectivity index (χ1n) is 4.89. The van der Waals surface area contributed by atoms with E-state index in [-0.39, 0.29) is 0 Å². The van der Waals surface area contributed by atoms with Crippen LogP contribution < -0.4 is 10.5 Å². The molecule has 0 saturated carbocycles. The fraction of sp³-hybridized carbons (Fsp3) is 0.364. The van der Waals surface area contributed by atoms with Gasteiger partial charge >= 0.3 is 0 Å². The number of hydrogen-bond donors (Lipinski definition) is 1. The summed E-state index contributed by atoms with van der Waals surface area (Å²) in [5.74, 6) is 1.00. The fourth-order valence-corrected chi connectivity index (χ4v) is 1.75. The Balaban J connectivity index is 2.74. The minimum Gasteiger partial charge on any atom is -0.496 e. The second-order valence-corrected chi connectivity index (χ2v) is 3.57. The van der Waals surface area contributed by atoms with Gasteiger partial charge in [0.15, 0.2) is 11.4 Å². The van der Waals surface area contributed by atoms with Crippen LogP contribution in [0.25, 0.3) is 11.0 Å². The molecule has 1 aromatic heterocycles. The van der Waals surface area contributed by atoms with E-state index in [1.165, 1.54) is 0 Å². The van der Waals surface area contributed by atoms with Crippen LogP contribution in [0.4, 0.5) is 5.82 Å². The normalized spacial score (nSPS) is 10.9. The largest absolute Gasteiger partial charge is 0.496 e. The van der Waals surface area contributed by atoms with Crippen LogP contribution in [0.1, 0.15) is 11.1 Å². The molecular formula is C11H14N2O3. The van der Waals surface area contributed by atoms with E-state index in [0.29, 0.717) is 23.8 Å². The van der Waals surface area contributed by atoms with Crippen LogP contribution in [0.15, 0.2) is 10.6 Å². The highest BCUT2D eigenvalue weighted by atomic mass is 16.5. The van der Waals surface area contributed by atoms with Gasteiger partial charge in [-0.15, -0.1) is 0 Å². The Hall–Kier alpha value is -1.75. The molecule has 0 radical (unpaired) electrons. The first kappa shape index (κ1) is 10.8. The molecule has 5 heteroatoms. The van der Waals surface area contributed by atoms with Crippen molar-refractivity contribution in [2.75, 3.05) is 20.0 Å². The van der Waals surface area contributed by atoms with Gasteiger partial charge in [0.2, 0.25) is 0 Å². The Morgan fingerprint density at radius 2 is 2.19 bits per heavy atom. The topological polar surface area (TPSA) is 70.5 Å². The summed E-state index contributed by atoms with van der Waals surface area (Å²) < 4.78 is 15.6. The number of rotatable bonds is 3. The van der Waals surface area contributed by atoms with E-state index in [2.05, 4.69) is 5.16 Å². The molecule has 0 unspecified atom stereocenters. The molecular weight excluding hydrogens is 208 g/mol. The highest BCUT2D eigenvalue weighted by Crippen LogP contribution is 2.35. The lowest BCUT2D eigenvalue weighted by molar-refractivity contribution is 0.184. The van der Waals surface area contributed by atoms with Gasteiger partial charge in [0.1, 0.15) is 11.1 Å². The van der Waals surface area contributed by atoms with Gasteiger partial charge < -0.3 is 19.7 Å². The summed E-state index contributed by atoms with van der Waals surface area (Å²) in [6.45, 7) is 2.44. The van der Waals surface area contributed by atoms with Crippen molar-refractivity contribution in [1.82, 2.24) is 5.16 Å². The van der Waals surface area contributed by atoms with Crippen molar-refractivity contribution >= 4 is 16.8 Å². The monoisotopic (exact) mass is 222 g/mol. The first-order chi connectivity index (χ1) is 7.69. The minimum absolute atomic E-state index is 0.346. The third-order valence-corrected chi connectivity index (χ3v) is 2.61. The molecule has 0 fully saturated rings. The molecule has 0 amide bonds. The molecule has 0 atom stereocenters.